The number of ether oxygens (including phenoxy) is 3. The Balaban J connectivity index is 1.38. The number of rotatable bonds is 9. The number of methoxy groups -OCH3 is 3. The number of piperazine rings is 1. The minimum Gasteiger partial charge on any atom is -0.497 e. The van der Waals surface area contributed by atoms with Gasteiger partial charge >= 0.3 is 0 Å². The van der Waals surface area contributed by atoms with Crippen molar-refractivity contribution in [3.63, 3.8) is 0 Å². The molecule has 7 nitrogen and oxygen atoms in total. The van der Waals surface area contributed by atoms with Gasteiger partial charge in [-0.3, -0.25) is 9.69 Å². The lowest BCUT2D eigenvalue weighted by molar-refractivity contribution is -0.120. The molecule has 162 valence electrons. The SMILES string of the molecule is COc1ccc(N2CCN(CCNC(=O)Cc3ccc(OC)c(OC)c3)CC2)cc1. The highest BCUT2D eigenvalue weighted by molar-refractivity contribution is 5.78. The van der Waals surface area contributed by atoms with Crippen LogP contribution in [0.3, 0.4) is 0 Å². The first-order valence-electron chi connectivity index (χ1n) is 10.2. The largest absolute Gasteiger partial charge is 0.497 e. The van der Waals surface area contributed by atoms with E-state index in [1.807, 2.05) is 30.3 Å². The monoisotopic (exact) mass is 413 g/mol. The average Bonchev–Trinajstić information content (AvgIpc) is 2.79. The third-order valence-corrected chi connectivity index (χ3v) is 5.37. The van der Waals surface area contributed by atoms with Crippen molar-refractivity contribution in [1.82, 2.24) is 10.2 Å². The fraction of sp³-hybridized carbons (Fsp3) is 0.435. The van der Waals surface area contributed by atoms with Crippen LogP contribution in [0.25, 0.3) is 0 Å². The zero-order chi connectivity index (χ0) is 21.3. The Morgan fingerprint density at radius 1 is 0.900 bits per heavy atom. The topological polar surface area (TPSA) is 63.3 Å². The quantitative estimate of drug-likeness (QED) is 0.680. The molecule has 0 aromatic heterocycles. The van der Waals surface area contributed by atoms with Gasteiger partial charge in [0.25, 0.3) is 0 Å². The van der Waals surface area contributed by atoms with E-state index in [-0.39, 0.29) is 5.91 Å². The van der Waals surface area contributed by atoms with E-state index in [4.69, 9.17) is 14.2 Å². The van der Waals surface area contributed by atoms with Crippen LogP contribution in [-0.2, 0) is 11.2 Å². The van der Waals surface area contributed by atoms with E-state index in [0.29, 0.717) is 24.5 Å². The summed E-state index contributed by atoms with van der Waals surface area (Å²) in [6, 6.07) is 13.7. The molecule has 1 heterocycles. The van der Waals surface area contributed by atoms with Crippen LogP contribution in [0, 0.1) is 0 Å². The molecule has 2 aromatic rings. The second-order valence-electron chi connectivity index (χ2n) is 7.24. The van der Waals surface area contributed by atoms with E-state index < -0.39 is 0 Å². The van der Waals surface area contributed by atoms with E-state index in [0.717, 1.165) is 44.0 Å². The molecule has 1 saturated heterocycles. The van der Waals surface area contributed by atoms with Gasteiger partial charge in [0.15, 0.2) is 11.5 Å². The summed E-state index contributed by atoms with van der Waals surface area (Å²) in [5.74, 6) is 2.19. The number of anilines is 1. The Labute approximate surface area is 178 Å². The number of nitrogens with zero attached hydrogens (tertiary/aromatic N) is 2. The van der Waals surface area contributed by atoms with Crippen molar-refractivity contribution in [1.29, 1.82) is 0 Å². The van der Waals surface area contributed by atoms with Crippen LogP contribution in [-0.4, -0.2) is 71.4 Å². The molecule has 1 aliphatic rings. The summed E-state index contributed by atoms with van der Waals surface area (Å²) in [5.41, 5.74) is 2.12. The second-order valence-corrected chi connectivity index (χ2v) is 7.24. The van der Waals surface area contributed by atoms with Crippen molar-refractivity contribution in [2.24, 2.45) is 0 Å². The van der Waals surface area contributed by atoms with Crippen LogP contribution in [0.4, 0.5) is 5.69 Å². The molecular weight excluding hydrogens is 382 g/mol. The van der Waals surface area contributed by atoms with Gasteiger partial charge in [-0.25, -0.2) is 0 Å². The maximum atomic E-state index is 12.3. The number of hydrogen-bond acceptors (Lipinski definition) is 6. The lowest BCUT2D eigenvalue weighted by atomic mass is 10.1. The molecular formula is C23H31N3O4. The smallest absolute Gasteiger partial charge is 0.224 e. The van der Waals surface area contributed by atoms with Crippen LogP contribution in [0.15, 0.2) is 42.5 Å². The molecule has 7 heteroatoms. The first kappa shape index (κ1) is 21.8. The van der Waals surface area contributed by atoms with Gasteiger partial charge in [0.05, 0.1) is 27.8 Å². The highest BCUT2D eigenvalue weighted by Gasteiger charge is 2.17. The summed E-state index contributed by atoms with van der Waals surface area (Å²) < 4.78 is 15.8. The molecule has 3 rings (SSSR count). The number of amides is 1. The number of carbonyl (C=O) groups is 1. The zero-order valence-electron chi connectivity index (χ0n) is 18.0. The highest BCUT2D eigenvalue weighted by Crippen LogP contribution is 2.27. The van der Waals surface area contributed by atoms with E-state index >= 15 is 0 Å². The molecule has 1 N–H and O–H groups in total. The van der Waals surface area contributed by atoms with E-state index in [1.165, 1.54) is 5.69 Å². The third-order valence-electron chi connectivity index (χ3n) is 5.37. The Morgan fingerprint density at radius 3 is 2.23 bits per heavy atom. The summed E-state index contributed by atoms with van der Waals surface area (Å²) in [7, 11) is 4.87. The molecule has 1 fully saturated rings. The normalized spacial score (nSPS) is 14.3. The van der Waals surface area contributed by atoms with Gasteiger partial charge in [0, 0.05) is 45.0 Å². The van der Waals surface area contributed by atoms with Crippen LogP contribution < -0.4 is 24.4 Å². The third kappa shape index (κ3) is 5.79. The Morgan fingerprint density at radius 2 is 1.60 bits per heavy atom. The lowest BCUT2D eigenvalue weighted by Gasteiger charge is -2.36. The van der Waals surface area contributed by atoms with Crippen molar-refractivity contribution in [3.05, 3.63) is 48.0 Å². The first-order chi connectivity index (χ1) is 14.6. The minimum absolute atomic E-state index is 0.0130. The van der Waals surface area contributed by atoms with Crippen molar-refractivity contribution >= 4 is 11.6 Å². The van der Waals surface area contributed by atoms with Crippen molar-refractivity contribution in [2.45, 2.75) is 6.42 Å². The summed E-state index contributed by atoms with van der Waals surface area (Å²) in [6.45, 7) is 5.43. The molecule has 1 amide bonds. The van der Waals surface area contributed by atoms with E-state index in [2.05, 4.69) is 27.2 Å². The van der Waals surface area contributed by atoms with Crippen LogP contribution >= 0.6 is 0 Å². The summed E-state index contributed by atoms with van der Waals surface area (Å²) in [6.07, 6.45) is 0.325. The molecule has 0 spiro atoms. The zero-order valence-corrected chi connectivity index (χ0v) is 18.0. The highest BCUT2D eigenvalue weighted by atomic mass is 16.5. The molecule has 0 saturated carbocycles. The van der Waals surface area contributed by atoms with E-state index in [1.54, 1.807) is 21.3 Å². The average molecular weight is 414 g/mol. The van der Waals surface area contributed by atoms with Gasteiger partial charge in [0.1, 0.15) is 5.75 Å². The predicted molar refractivity (Wildman–Crippen MR) is 118 cm³/mol. The van der Waals surface area contributed by atoms with Gasteiger partial charge in [0.2, 0.25) is 5.91 Å². The minimum atomic E-state index is 0.0130. The van der Waals surface area contributed by atoms with Crippen LogP contribution in [0.1, 0.15) is 5.56 Å². The van der Waals surface area contributed by atoms with Crippen molar-refractivity contribution in [3.8, 4) is 17.2 Å². The maximum Gasteiger partial charge on any atom is 0.224 e. The fourth-order valence-electron chi connectivity index (χ4n) is 3.61. The second kappa shape index (κ2) is 10.7. The summed E-state index contributed by atoms with van der Waals surface area (Å²) in [4.78, 5) is 17.0. The van der Waals surface area contributed by atoms with E-state index in [9.17, 15) is 4.79 Å². The summed E-state index contributed by atoms with van der Waals surface area (Å²) >= 11 is 0. The standard InChI is InChI=1S/C23H31N3O4/c1-28-20-7-5-19(6-8-20)26-14-12-25(13-15-26)11-10-24-23(27)17-18-4-9-21(29-2)22(16-18)30-3/h4-9,16H,10-15,17H2,1-3H3,(H,24,27). The molecule has 1 aliphatic heterocycles. The summed E-state index contributed by atoms with van der Waals surface area (Å²) in [5, 5.41) is 3.02. The van der Waals surface area contributed by atoms with Gasteiger partial charge in [-0.1, -0.05) is 6.07 Å². The number of nitrogens with one attached hydrogen (secondary N) is 1. The molecule has 30 heavy (non-hydrogen) atoms. The Kier molecular flexibility index (Phi) is 7.79. The predicted octanol–water partition coefficient (Wildman–Crippen LogP) is 2.19. The first-order valence-corrected chi connectivity index (χ1v) is 10.2. The molecule has 0 radical (unpaired) electrons. The molecule has 0 unspecified atom stereocenters. The van der Waals surface area contributed by atoms with Crippen LogP contribution in [0.5, 0.6) is 17.2 Å². The van der Waals surface area contributed by atoms with Gasteiger partial charge in [-0.15, -0.1) is 0 Å². The Bertz CT molecular complexity index is 818. The number of benzene rings is 2. The van der Waals surface area contributed by atoms with Crippen LogP contribution in [0.2, 0.25) is 0 Å². The van der Waals surface area contributed by atoms with Crippen molar-refractivity contribution < 1.29 is 19.0 Å². The lowest BCUT2D eigenvalue weighted by Crippen LogP contribution is -2.48. The molecule has 0 aliphatic carbocycles. The van der Waals surface area contributed by atoms with Gasteiger partial charge < -0.3 is 24.4 Å². The van der Waals surface area contributed by atoms with Crippen molar-refractivity contribution in [2.75, 3.05) is 65.5 Å². The Hall–Kier alpha value is -2.93. The van der Waals surface area contributed by atoms with Gasteiger partial charge in [-0.2, -0.15) is 0 Å². The maximum absolute atomic E-state index is 12.3. The molecule has 2 aromatic carbocycles. The molecule has 0 atom stereocenters. The number of carbonyl (C=O) groups excluding carboxylic acids is 1. The fourth-order valence-corrected chi connectivity index (χ4v) is 3.61. The van der Waals surface area contributed by atoms with Gasteiger partial charge in [-0.05, 0) is 42.0 Å². The number of hydrogen-bond donors (Lipinski definition) is 1. The molecule has 0 bridgehead atoms.